The molecule has 1 aliphatic heterocycles. The molecule has 1 heterocycles. The third kappa shape index (κ3) is 2.48. The lowest BCUT2D eigenvalue weighted by molar-refractivity contribution is -0.125. The Labute approximate surface area is 140 Å². The van der Waals surface area contributed by atoms with Gasteiger partial charge in [0.1, 0.15) is 0 Å². The van der Waals surface area contributed by atoms with Gasteiger partial charge in [-0.05, 0) is 22.4 Å². The Balaban J connectivity index is 1.66. The molecule has 0 bridgehead atoms. The van der Waals surface area contributed by atoms with E-state index in [0.29, 0.717) is 18.5 Å². The van der Waals surface area contributed by atoms with Crippen molar-refractivity contribution >= 4 is 22.6 Å². The SMILES string of the molecule is O=C1C[C@@H](c2ccccc2)CN1C(=O)c1cccc2ccccc12. The predicted molar refractivity (Wildman–Crippen MR) is 93.8 cm³/mol. The molecule has 3 nitrogen and oxygen atoms in total. The molecule has 1 saturated heterocycles. The van der Waals surface area contributed by atoms with Crippen LogP contribution in [-0.2, 0) is 4.79 Å². The maximum atomic E-state index is 13.0. The molecule has 4 rings (SSSR count). The van der Waals surface area contributed by atoms with Crippen LogP contribution >= 0.6 is 0 Å². The summed E-state index contributed by atoms with van der Waals surface area (Å²) in [4.78, 5) is 26.8. The van der Waals surface area contributed by atoms with Crippen LogP contribution in [0.25, 0.3) is 10.8 Å². The van der Waals surface area contributed by atoms with Gasteiger partial charge in [0.15, 0.2) is 0 Å². The predicted octanol–water partition coefficient (Wildman–Crippen LogP) is 4.00. The standard InChI is InChI=1S/C21H17NO2/c23-20-13-17(15-7-2-1-3-8-15)14-22(20)21(24)19-12-6-10-16-9-4-5-11-18(16)19/h1-12,17H,13-14H2/t17-/m1/s1. The second kappa shape index (κ2) is 5.93. The van der Waals surface area contributed by atoms with Gasteiger partial charge < -0.3 is 0 Å². The molecule has 0 spiro atoms. The monoisotopic (exact) mass is 315 g/mol. The van der Waals surface area contributed by atoms with Crippen molar-refractivity contribution in [2.24, 2.45) is 0 Å². The molecule has 1 fully saturated rings. The van der Waals surface area contributed by atoms with Crippen LogP contribution in [0.3, 0.4) is 0 Å². The summed E-state index contributed by atoms with van der Waals surface area (Å²) < 4.78 is 0. The smallest absolute Gasteiger partial charge is 0.261 e. The molecule has 3 heteroatoms. The first-order valence-corrected chi connectivity index (χ1v) is 8.11. The van der Waals surface area contributed by atoms with E-state index in [1.54, 1.807) is 6.07 Å². The van der Waals surface area contributed by atoms with E-state index in [1.807, 2.05) is 66.7 Å². The number of nitrogens with zero attached hydrogens (tertiary/aromatic N) is 1. The van der Waals surface area contributed by atoms with Gasteiger partial charge in [0.05, 0.1) is 0 Å². The second-order valence-corrected chi connectivity index (χ2v) is 6.15. The minimum Gasteiger partial charge on any atom is -0.278 e. The number of benzene rings is 3. The molecule has 2 amide bonds. The lowest BCUT2D eigenvalue weighted by atomic mass is 9.98. The Hall–Kier alpha value is -2.94. The van der Waals surface area contributed by atoms with Crippen LogP contribution in [0.15, 0.2) is 72.8 Å². The fourth-order valence-electron chi connectivity index (χ4n) is 3.41. The number of carbonyl (C=O) groups excluding carboxylic acids is 2. The minimum atomic E-state index is -0.199. The maximum absolute atomic E-state index is 13.0. The Morgan fingerprint density at radius 2 is 1.58 bits per heavy atom. The molecule has 118 valence electrons. The minimum absolute atomic E-state index is 0.0811. The van der Waals surface area contributed by atoms with Crippen LogP contribution in [0.4, 0.5) is 0 Å². The summed E-state index contributed by atoms with van der Waals surface area (Å²) in [5, 5.41) is 1.90. The molecular formula is C21H17NO2. The highest BCUT2D eigenvalue weighted by Gasteiger charge is 2.35. The average molecular weight is 315 g/mol. The summed E-state index contributed by atoms with van der Waals surface area (Å²) >= 11 is 0. The zero-order valence-corrected chi connectivity index (χ0v) is 13.2. The first kappa shape index (κ1) is 14.6. The largest absolute Gasteiger partial charge is 0.278 e. The van der Waals surface area contributed by atoms with E-state index in [0.717, 1.165) is 16.3 Å². The second-order valence-electron chi connectivity index (χ2n) is 6.15. The quantitative estimate of drug-likeness (QED) is 0.670. The third-order valence-electron chi connectivity index (χ3n) is 4.66. The summed E-state index contributed by atoms with van der Waals surface area (Å²) in [5.41, 5.74) is 1.70. The Morgan fingerprint density at radius 3 is 2.42 bits per heavy atom. The van der Waals surface area contributed by atoms with Gasteiger partial charge >= 0.3 is 0 Å². The molecule has 24 heavy (non-hydrogen) atoms. The zero-order valence-electron chi connectivity index (χ0n) is 13.2. The number of fused-ring (bicyclic) bond motifs is 1. The van der Waals surface area contributed by atoms with E-state index in [9.17, 15) is 9.59 Å². The highest BCUT2D eigenvalue weighted by molar-refractivity contribution is 6.12. The Kier molecular flexibility index (Phi) is 3.62. The van der Waals surface area contributed by atoms with Crippen LogP contribution in [0.5, 0.6) is 0 Å². The number of likely N-dealkylation sites (tertiary alicyclic amines) is 1. The van der Waals surface area contributed by atoms with E-state index in [4.69, 9.17) is 0 Å². The lowest BCUT2D eigenvalue weighted by Gasteiger charge is -2.16. The molecule has 3 aromatic carbocycles. The van der Waals surface area contributed by atoms with Gasteiger partial charge in [0.25, 0.3) is 5.91 Å². The summed E-state index contributed by atoms with van der Waals surface area (Å²) in [7, 11) is 0. The molecule has 0 N–H and O–H groups in total. The van der Waals surface area contributed by atoms with Gasteiger partial charge in [-0.25, -0.2) is 0 Å². The van der Waals surface area contributed by atoms with Gasteiger partial charge in [-0.2, -0.15) is 0 Å². The third-order valence-corrected chi connectivity index (χ3v) is 4.66. The molecular weight excluding hydrogens is 298 g/mol. The molecule has 3 aromatic rings. The van der Waals surface area contributed by atoms with Crippen LogP contribution in [0, 0.1) is 0 Å². The van der Waals surface area contributed by atoms with E-state index in [-0.39, 0.29) is 17.7 Å². The number of rotatable bonds is 2. The first-order valence-electron chi connectivity index (χ1n) is 8.11. The van der Waals surface area contributed by atoms with E-state index in [2.05, 4.69) is 0 Å². The van der Waals surface area contributed by atoms with Gasteiger partial charge in [-0.1, -0.05) is 66.7 Å². The normalized spacial score (nSPS) is 17.4. The van der Waals surface area contributed by atoms with Crippen molar-refractivity contribution in [3.63, 3.8) is 0 Å². The molecule has 1 aliphatic rings. The Bertz CT molecular complexity index is 912. The van der Waals surface area contributed by atoms with Crippen molar-refractivity contribution in [3.05, 3.63) is 83.9 Å². The molecule has 1 atom stereocenters. The van der Waals surface area contributed by atoms with Crippen molar-refractivity contribution in [1.82, 2.24) is 4.90 Å². The van der Waals surface area contributed by atoms with Crippen molar-refractivity contribution < 1.29 is 9.59 Å². The lowest BCUT2D eigenvalue weighted by Crippen LogP contribution is -2.32. The number of carbonyl (C=O) groups is 2. The van der Waals surface area contributed by atoms with Crippen molar-refractivity contribution in [3.8, 4) is 0 Å². The number of amides is 2. The van der Waals surface area contributed by atoms with Gasteiger partial charge in [0, 0.05) is 24.4 Å². The molecule has 0 aromatic heterocycles. The number of hydrogen-bond donors (Lipinski definition) is 0. The first-order chi connectivity index (χ1) is 11.7. The fraction of sp³-hybridized carbons (Fsp3) is 0.143. The average Bonchev–Trinajstić information content (AvgIpc) is 3.03. The van der Waals surface area contributed by atoms with Gasteiger partial charge in [0.2, 0.25) is 5.91 Å². The van der Waals surface area contributed by atoms with Crippen LogP contribution < -0.4 is 0 Å². The Morgan fingerprint density at radius 1 is 0.875 bits per heavy atom. The maximum Gasteiger partial charge on any atom is 0.261 e. The van der Waals surface area contributed by atoms with Crippen molar-refractivity contribution in [1.29, 1.82) is 0 Å². The van der Waals surface area contributed by atoms with Crippen molar-refractivity contribution in [2.75, 3.05) is 6.54 Å². The van der Waals surface area contributed by atoms with Crippen LogP contribution in [0.1, 0.15) is 28.3 Å². The molecule has 0 unspecified atom stereocenters. The number of hydrogen-bond acceptors (Lipinski definition) is 2. The van der Waals surface area contributed by atoms with E-state index in [1.165, 1.54) is 4.90 Å². The summed E-state index contributed by atoms with van der Waals surface area (Å²) in [6, 6.07) is 23.3. The molecule has 0 radical (unpaired) electrons. The van der Waals surface area contributed by atoms with Gasteiger partial charge in [-0.3, -0.25) is 14.5 Å². The zero-order chi connectivity index (χ0) is 16.5. The van der Waals surface area contributed by atoms with E-state index >= 15 is 0 Å². The summed E-state index contributed by atoms with van der Waals surface area (Å²) in [5.74, 6) is -0.213. The molecule has 0 aliphatic carbocycles. The van der Waals surface area contributed by atoms with Crippen LogP contribution in [0.2, 0.25) is 0 Å². The van der Waals surface area contributed by atoms with Gasteiger partial charge in [-0.15, -0.1) is 0 Å². The number of imide groups is 1. The van der Waals surface area contributed by atoms with Crippen LogP contribution in [-0.4, -0.2) is 23.3 Å². The topological polar surface area (TPSA) is 37.4 Å². The van der Waals surface area contributed by atoms with Crippen molar-refractivity contribution in [2.45, 2.75) is 12.3 Å². The van der Waals surface area contributed by atoms with E-state index < -0.39 is 0 Å². The molecule has 0 saturated carbocycles. The highest BCUT2D eigenvalue weighted by Crippen LogP contribution is 2.30. The summed E-state index contributed by atoms with van der Waals surface area (Å²) in [6.45, 7) is 0.449. The fourth-order valence-corrected chi connectivity index (χ4v) is 3.41. The summed E-state index contributed by atoms with van der Waals surface area (Å²) in [6.07, 6.45) is 0.389. The highest BCUT2D eigenvalue weighted by atomic mass is 16.2.